The molecular weight excluding hydrogens is 394 g/mol. The fraction of sp³-hybridized carbons (Fsp3) is 0.0556. The van der Waals surface area contributed by atoms with Gasteiger partial charge in [-0.05, 0) is 35.9 Å². The fourth-order valence-electron chi connectivity index (χ4n) is 2.42. The first-order chi connectivity index (χ1) is 13.6. The van der Waals surface area contributed by atoms with Gasteiger partial charge in [-0.1, -0.05) is 12.1 Å². The van der Waals surface area contributed by atoms with Gasteiger partial charge in [-0.2, -0.15) is 18.3 Å². The molecule has 29 heavy (non-hydrogen) atoms. The number of alkyl halides is 3. The Labute approximate surface area is 160 Å². The van der Waals surface area contributed by atoms with E-state index in [1.54, 1.807) is 0 Å². The second-order valence-electron chi connectivity index (χ2n) is 5.88. The summed E-state index contributed by atoms with van der Waals surface area (Å²) in [6, 6.07) is 8.12. The Morgan fingerprint density at radius 1 is 1.00 bits per heavy atom. The van der Waals surface area contributed by atoms with E-state index in [0.29, 0.717) is 11.3 Å². The Balaban J connectivity index is 1.69. The molecule has 0 fully saturated rings. The standard InChI is InChI=1S/C18H13F4N5O2/c19-12-6-3-10(16(23)28)7-14(12)24-17(29)25-15-8-13(26-27-15)9-1-4-11(5-2-9)18(20,21)22/h1-8H,(H2,23,28)(H3,24,25,26,27,29). The third kappa shape index (κ3) is 4.69. The van der Waals surface area contributed by atoms with Crippen molar-refractivity contribution in [3.8, 4) is 11.3 Å². The highest BCUT2D eigenvalue weighted by Gasteiger charge is 2.30. The number of rotatable bonds is 4. The quantitative estimate of drug-likeness (QED) is 0.491. The zero-order valence-corrected chi connectivity index (χ0v) is 14.5. The van der Waals surface area contributed by atoms with Crippen molar-refractivity contribution in [2.75, 3.05) is 10.6 Å². The molecule has 3 aromatic rings. The summed E-state index contributed by atoms with van der Waals surface area (Å²) in [5.74, 6) is -1.52. The second kappa shape index (κ2) is 7.62. The summed E-state index contributed by atoms with van der Waals surface area (Å²) in [6.07, 6.45) is -4.45. The molecule has 0 saturated heterocycles. The van der Waals surface area contributed by atoms with Crippen molar-refractivity contribution < 1.29 is 27.2 Å². The molecule has 0 spiro atoms. The van der Waals surface area contributed by atoms with Crippen LogP contribution in [-0.2, 0) is 6.18 Å². The van der Waals surface area contributed by atoms with Crippen LogP contribution in [0.4, 0.5) is 33.9 Å². The van der Waals surface area contributed by atoms with Gasteiger partial charge in [0.2, 0.25) is 5.91 Å². The van der Waals surface area contributed by atoms with Crippen molar-refractivity contribution >= 4 is 23.4 Å². The van der Waals surface area contributed by atoms with E-state index in [-0.39, 0.29) is 17.1 Å². The van der Waals surface area contributed by atoms with E-state index in [4.69, 9.17) is 5.73 Å². The lowest BCUT2D eigenvalue weighted by molar-refractivity contribution is -0.137. The molecule has 0 atom stereocenters. The number of hydrogen-bond donors (Lipinski definition) is 4. The highest BCUT2D eigenvalue weighted by molar-refractivity contribution is 6.01. The van der Waals surface area contributed by atoms with Crippen LogP contribution in [0.15, 0.2) is 48.5 Å². The summed E-state index contributed by atoms with van der Waals surface area (Å²) in [5.41, 5.74) is 4.83. The number of halogens is 4. The lowest BCUT2D eigenvalue weighted by Gasteiger charge is -2.07. The molecular formula is C18H13F4N5O2. The number of urea groups is 1. The lowest BCUT2D eigenvalue weighted by Crippen LogP contribution is -2.21. The van der Waals surface area contributed by atoms with Gasteiger partial charge in [0, 0.05) is 11.6 Å². The highest BCUT2D eigenvalue weighted by Crippen LogP contribution is 2.31. The van der Waals surface area contributed by atoms with Crippen LogP contribution in [-0.4, -0.2) is 22.1 Å². The summed E-state index contributed by atoms with van der Waals surface area (Å²) < 4.78 is 51.6. The molecule has 3 amide bonds. The number of nitrogens with two attached hydrogens (primary N) is 1. The molecule has 5 N–H and O–H groups in total. The van der Waals surface area contributed by atoms with Gasteiger partial charge in [0.25, 0.3) is 0 Å². The first kappa shape index (κ1) is 19.9. The van der Waals surface area contributed by atoms with Gasteiger partial charge < -0.3 is 11.1 Å². The largest absolute Gasteiger partial charge is 0.416 e. The molecule has 1 heterocycles. The van der Waals surface area contributed by atoms with Gasteiger partial charge >= 0.3 is 12.2 Å². The van der Waals surface area contributed by atoms with Crippen LogP contribution in [0.5, 0.6) is 0 Å². The van der Waals surface area contributed by atoms with Crippen LogP contribution in [0.1, 0.15) is 15.9 Å². The van der Waals surface area contributed by atoms with Crippen LogP contribution in [0.2, 0.25) is 0 Å². The fourth-order valence-corrected chi connectivity index (χ4v) is 2.42. The monoisotopic (exact) mass is 407 g/mol. The third-order valence-corrected chi connectivity index (χ3v) is 3.84. The number of H-pyrrole nitrogens is 1. The van der Waals surface area contributed by atoms with Crippen LogP contribution >= 0.6 is 0 Å². The molecule has 0 aliphatic rings. The maximum Gasteiger partial charge on any atom is 0.416 e. The van der Waals surface area contributed by atoms with Crippen LogP contribution in [0.3, 0.4) is 0 Å². The normalized spacial score (nSPS) is 11.2. The number of nitrogens with zero attached hydrogens (tertiary/aromatic N) is 1. The first-order valence-electron chi connectivity index (χ1n) is 8.04. The summed E-state index contributed by atoms with van der Waals surface area (Å²) >= 11 is 0. The topological polar surface area (TPSA) is 113 Å². The van der Waals surface area contributed by atoms with E-state index in [9.17, 15) is 27.2 Å². The molecule has 1 aromatic heterocycles. The van der Waals surface area contributed by atoms with Crippen molar-refractivity contribution in [3.05, 3.63) is 65.5 Å². The molecule has 11 heteroatoms. The minimum Gasteiger partial charge on any atom is -0.366 e. The number of hydrogen-bond acceptors (Lipinski definition) is 3. The number of primary amides is 1. The number of amides is 3. The molecule has 3 rings (SSSR count). The number of aromatic nitrogens is 2. The number of nitrogens with one attached hydrogen (secondary N) is 3. The summed E-state index contributed by atoms with van der Waals surface area (Å²) in [6.45, 7) is 0. The van der Waals surface area contributed by atoms with E-state index >= 15 is 0 Å². The van der Waals surface area contributed by atoms with E-state index in [1.165, 1.54) is 24.3 Å². The van der Waals surface area contributed by atoms with Crippen molar-refractivity contribution in [3.63, 3.8) is 0 Å². The smallest absolute Gasteiger partial charge is 0.366 e. The maximum atomic E-state index is 13.8. The number of carbonyl (C=O) groups is 2. The van der Waals surface area contributed by atoms with Crippen molar-refractivity contribution in [1.29, 1.82) is 0 Å². The average molecular weight is 407 g/mol. The molecule has 0 aliphatic carbocycles. The summed E-state index contributed by atoms with van der Waals surface area (Å²) in [7, 11) is 0. The molecule has 0 saturated carbocycles. The minimum atomic E-state index is -4.45. The van der Waals surface area contributed by atoms with Gasteiger partial charge in [-0.3, -0.25) is 15.2 Å². The predicted octanol–water partition coefficient (Wildman–Crippen LogP) is 3.98. The van der Waals surface area contributed by atoms with Crippen molar-refractivity contribution in [2.45, 2.75) is 6.18 Å². The van der Waals surface area contributed by atoms with Gasteiger partial charge in [0.15, 0.2) is 5.82 Å². The van der Waals surface area contributed by atoms with Crippen molar-refractivity contribution in [1.82, 2.24) is 10.2 Å². The molecule has 150 valence electrons. The minimum absolute atomic E-state index is 0.00561. The van der Waals surface area contributed by atoms with Gasteiger partial charge in [-0.15, -0.1) is 0 Å². The van der Waals surface area contributed by atoms with Crippen LogP contribution < -0.4 is 16.4 Å². The zero-order chi connectivity index (χ0) is 21.2. The molecule has 0 aliphatic heterocycles. The Bertz CT molecular complexity index is 1060. The predicted molar refractivity (Wildman–Crippen MR) is 96.6 cm³/mol. The number of benzene rings is 2. The average Bonchev–Trinajstić information content (AvgIpc) is 3.11. The highest BCUT2D eigenvalue weighted by atomic mass is 19.4. The van der Waals surface area contributed by atoms with Crippen LogP contribution in [0, 0.1) is 5.82 Å². The summed E-state index contributed by atoms with van der Waals surface area (Å²) in [4.78, 5) is 23.2. The second-order valence-corrected chi connectivity index (χ2v) is 5.88. The number of aromatic amines is 1. The molecule has 7 nitrogen and oxygen atoms in total. The Hall–Kier alpha value is -3.89. The maximum absolute atomic E-state index is 13.8. The number of carbonyl (C=O) groups excluding carboxylic acids is 2. The summed E-state index contributed by atoms with van der Waals surface area (Å²) in [5, 5.41) is 11.0. The molecule has 0 unspecified atom stereocenters. The van der Waals surface area contributed by atoms with Gasteiger partial charge in [0.05, 0.1) is 16.9 Å². The van der Waals surface area contributed by atoms with E-state index < -0.39 is 29.5 Å². The molecule has 0 radical (unpaired) electrons. The zero-order valence-electron chi connectivity index (χ0n) is 14.5. The Morgan fingerprint density at radius 2 is 1.69 bits per heavy atom. The Morgan fingerprint density at radius 3 is 2.31 bits per heavy atom. The molecule has 2 aromatic carbocycles. The number of anilines is 2. The first-order valence-corrected chi connectivity index (χ1v) is 8.04. The Kier molecular flexibility index (Phi) is 5.22. The van der Waals surface area contributed by atoms with Gasteiger partial charge in [0.1, 0.15) is 5.82 Å². The SMILES string of the molecule is NC(=O)c1ccc(F)c(NC(=O)Nc2cc(-c3ccc(C(F)(F)F)cc3)[nH]n2)c1. The van der Waals surface area contributed by atoms with Gasteiger partial charge in [-0.25, -0.2) is 9.18 Å². The van der Waals surface area contributed by atoms with E-state index in [1.807, 2.05) is 0 Å². The lowest BCUT2D eigenvalue weighted by atomic mass is 10.1. The molecule has 0 bridgehead atoms. The van der Waals surface area contributed by atoms with E-state index in [0.717, 1.165) is 24.3 Å². The van der Waals surface area contributed by atoms with E-state index in [2.05, 4.69) is 20.8 Å². The third-order valence-electron chi connectivity index (χ3n) is 3.84. The van der Waals surface area contributed by atoms with Crippen LogP contribution in [0.25, 0.3) is 11.3 Å². The van der Waals surface area contributed by atoms with Crippen molar-refractivity contribution in [2.24, 2.45) is 5.73 Å².